The molecule has 6 nitrogen and oxygen atoms in total. The minimum atomic E-state index is -0.525. The van der Waals surface area contributed by atoms with Gasteiger partial charge in [-0.05, 0) is 83.3 Å². The Morgan fingerprint density at radius 2 is 1.09 bits per heavy atom. The Labute approximate surface area is 193 Å². The Hall–Kier alpha value is -3.28. The minimum Gasteiger partial charge on any atom is -0.482 e. The maximum absolute atomic E-state index is 12.2. The van der Waals surface area contributed by atoms with Gasteiger partial charge in [0, 0.05) is 5.41 Å². The topological polar surface area (TPSA) is 71.1 Å². The lowest BCUT2D eigenvalue weighted by Crippen LogP contribution is -2.30. The molecule has 6 heteroatoms. The second-order valence-corrected chi connectivity index (χ2v) is 9.66. The van der Waals surface area contributed by atoms with Crippen molar-refractivity contribution in [2.75, 3.05) is 26.4 Å². The van der Waals surface area contributed by atoms with Crippen LogP contribution in [0.3, 0.4) is 0 Å². The number of carbonyl (C=O) groups is 2. The molecule has 0 radical (unpaired) electrons. The van der Waals surface area contributed by atoms with Gasteiger partial charge in [-0.15, -0.1) is 0 Å². The molecular formula is C27H28O6. The SMILES string of the molecule is CC1(C)COC(=O)COc2ccc3c(c2)C(=C2CCc4ccc(cc42)OCC(=O)OC1)CC3. The van der Waals surface area contributed by atoms with E-state index in [0.29, 0.717) is 11.5 Å². The van der Waals surface area contributed by atoms with Gasteiger partial charge in [-0.1, -0.05) is 26.0 Å². The molecule has 3 aliphatic rings. The fourth-order valence-corrected chi connectivity index (χ4v) is 4.67. The van der Waals surface area contributed by atoms with Crippen molar-refractivity contribution in [3.63, 3.8) is 0 Å². The van der Waals surface area contributed by atoms with Crippen molar-refractivity contribution >= 4 is 23.1 Å². The first-order valence-electron chi connectivity index (χ1n) is 11.4. The second kappa shape index (κ2) is 8.58. The second-order valence-electron chi connectivity index (χ2n) is 9.66. The molecule has 172 valence electrons. The minimum absolute atomic E-state index is 0.120. The predicted octanol–water partition coefficient (Wildman–Crippen LogP) is 4.37. The summed E-state index contributed by atoms with van der Waals surface area (Å²) in [5, 5.41) is 0. The molecule has 0 unspecified atom stereocenters. The van der Waals surface area contributed by atoms with Crippen molar-refractivity contribution in [2.45, 2.75) is 39.5 Å². The Morgan fingerprint density at radius 1 is 0.636 bits per heavy atom. The normalized spacial score (nSPS) is 20.1. The van der Waals surface area contributed by atoms with E-state index in [1.165, 1.54) is 33.4 Å². The smallest absolute Gasteiger partial charge is 0.344 e. The number of carbonyl (C=O) groups excluding carboxylic acids is 2. The molecule has 0 saturated heterocycles. The lowest BCUT2D eigenvalue weighted by atomic mass is 9.96. The van der Waals surface area contributed by atoms with Gasteiger partial charge < -0.3 is 18.9 Å². The van der Waals surface area contributed by atoms with E-state index in [-0.39, 0.29) is 26.4 Å². The molecule has 4 bridgehead atoms. The monoisotopic (exact) mass is 448 g/mol. The van der Waals surface area contributed by atoms with Crippen LogP contribution < -0.4 is 9.47 Å². The van der Waals surface area contributed by atoms with Crippen molar-refractivity contribution in [3.8, 4) is 11.5 Å². The molecule has 1 heterocycles. The summed E-state index contributed by atoms with van der Waals surface area (Å²) in [6.45, 7) is 3.64. The van der Waals surface area contributed by atoms with Crippen molar-refractivity contribution in [3.05, 3.63) is 58.7 Å². The van der Waals surface area contributed by atoms with Crippen LogP contribution in [0.1, 0.15) is 48.9 Å². The summed E-state index contributed by atoms with van der Waals surface area (Å²) in [5.41, 5.74) is 7.10. The van der Waals surface area contributed by atoms with Crippen molar-refractivity contribution < 1.29 is 28.5 Å². The molecule has 1 aliphatic heterocycles. The number of rotatable bonds is 0. The Bertz CT molecular complexity index is 1060. The number of hydrogen-bond acceptors (Lipinski definition) is 6. The van der Waals surface area contributed by atoms with Crippen LogP contribution in [-0.2, 0) is 31.9 Å². The summed E-state index contributed by atoms with van der Waals surface area (Å²) in [6, 6.07) is 12.1. The fraction of sp³-hybridized carbons (Fsp3) is 0.407. The van der Waals surface area contributed by atoms with Crippen LogP contribution in [0.4, 0.5) is 0 Å². The number of hydrogen-bond donors (Lipinski definition) is 0. The third-order valence-corrected chi connectivity index (χ3v) is 6.43. The zero-order valence-corrected chi connectivity index (χ0v) is 19.1. The quantitative estimate of drug-likeness (QED) is 0.558. The number of esters is 2. The van der Waals surface area contributed by atoms with Gasteiger partial charge in [0.1, 0.15) is 11.5 Å². The molecule has 0 N–H and O–H groups in total. The van der Waals surface area contributed by atoms with Gasteiger partial charge in [-0.2, -0.15) is 0 Å². The number of benzene rings is 2. The summed E-state index contributed by atoms with van der Waals surface area (Å²) in [6.07, 6.45) is 3.93. The van der Waals surface area contributed by atoms with E-state index in [4.69, 9.17) is 18.9 Å². The number of ether oxygens (including phenoxy) is 4. The molecule has 0 spiro atoms. The Morgan fingerprint density at radius 3 is 1.55 bits per heavy atom. The summed E-state index contributed by atoms with van der Waals surface area (Å²) < 4.78 is 22.3. The lowest BCUT2D eigenvalue weighted by Gasteiger charge is -2.23. The van der Waals surface area contributed by atoms with E-state index in [2.05, 4.69) is 12.1 Å². The van der Waals surface area contributed by atoms with Crippen LogP contribution in [-0.4, -0.2) is 38.4 Å². The molecule has 0 aromatic heterocycles. The van der Waals surface area contributed by atoms with Gasteiger partial charge in [-0.3, -0.25) is 0 Å². The maximum Gasteiger partial charge on any atom is 0.344 e. The van der Waals surface area contributed by atoms with E-state index in [1.807, 2.05) is 38.1 Å². The Kier molecular flexibility index (Phi) is 5.60. The van der Waals surface area contributed by atoms with Gasteiger partial charge in [0.2, 0.25) is 0 Å². The van der Waals surface area contributed by atoms with Gasteiger partial charge >= 0.3 is 11.9 Å². The highest BCUT2D eigenvalue weighted by molar-refractivity contribution is 5.96. The van der Waals surface area contributed by atoms with Crippen LogP contribution in [0, 0.1) is 5.41 Å². The van der Waals surface area contributed by atoms with E-state index in [0.717, 1.165) is 25.7 Å². The molecule has 0 fully saturated rings. The van der Waals surface area contributed by atoms with Crippen molar-refractivity contribution in [1.29, 1.82) is 0 Å². The third-order valence-electron chi connectivity index (χ3n) is 6.43. The molecule has 2 aliphatic carbocycles. The predicted molar refractivity (Wildman–Crippen MR) is 123 cm³/mol. The van der Waals surface area contributed by atoms with E-state index in [1.54, 1.807) is 0 Å². The fourth-order valence-electron chi connectivity index (χ4n) is 4.67. The average Bonchev–Trinajstić information content (AvgIpc) is 3.41. The zero-order chi connectivity index (χ0) is 23.0. The van der Waals surface area contributed by atoms with E-state index >= 15 is 0 Å². The first kappa shape index (κ1) is 21.6. The molecule has 5 rings (SSSR count). The van der Waals surface area contributed by atoms with Crippen LogP contribution in [0.15, 0.2) is 36.4 Å². The summed E-state index contributed by atoms with van der Waals surface area (Å²) in [4.78, 5) is 24.5. The highest BCUT2D eigenvalue weighted by Gasteiger charge is 2.27. The zero-order valence-electron chi connectivity index (χ0n) is 19.1. The first-order valence-corrected chi connectivity index (χ1v) is 11.4. The maximum atomic E-state index is 12.2. The molecule has 33 heavy (non-hydrogen) atoms. The number of cyclic esters (lactones) is 2. The van der Waals surface area contributed by atoms with Gasteiger partial charge in [0.15, 0.2) is 13.2 Å². The van der Waals surface area contributed by atoms with Crippen LogP contribution in [0.25, 0.3) is 11.1 Å². The van der Waals surface area contributed by atoms with Crippen LogP contribution in [0.2, 0.25) is 0 Å². The Balaban J connectivity index is 1.50. The van der Waals surface area contributed by atoms with Crippen LogP contribution in [0.5, 0.6) is 11.5 Å². The molecule has 0 amide bonds. The van der Waals surface area contributed by atoms with Crippen LogP contribution >= 0.6 is 0 Å². The standard InChI is InChI=1S/C27H28O6/c1-27(2)15-32-25(28)13-30-19-7-3-17-5-9-21(23(17)11-19)22-10-6-18-4-8-20(12-24(18)22)31-14-26(29)33-16-27/h3-4,7-8,11-12H,5-6,9-10,13-16H2,1-2H3. The molecule has 2 aromatic carbocycles. The van der Waals surface area contributed by atoms with Crippen molar-refractivity contribution in [1.82, 2.24) is 0 Å². The number of aryl methyl sites for hydroxylation is 2. The highest BCUT2D eigenvalue weighted by atomic mass is 16.6. The summed E-state index contributed by atoms with van der Waals surface area (Å²) >= 11 is 0. The lowest BCUT2D eigenvalue weighted by molar-refractivity contribution is -0.155. The van der Waals surface area contributed by atoms with Gasteiger partial charge in [-0.25, -0.2) is 9.59 Å². The number of allylic oxidation sites excluding steroid dienone is 2. The highest BCUT2D eigenvalue weighted by Crippen LogP contribution is 2.45. The molecule has 0 saturated carbocycles. The summed E-state index contributed by atoms with van der Waals surface area (Å²) in [7, 11) is 0. The average molecular weight is 449 g/mol. The van der Waals surface area contributed by atoms with Gasteiger partial charge in [0.25, 0.3) is 0 Å². The number of fused-ring (bicyclic) bond motifs is 2. The first-order chi connectivity index (χ1) is 15.9. The van der Waals surface area contributed by atoms with E-state index in [9.17, 15) is 9.59 Å². The molecule has 2 aromatic rings. The summed E-state index contributed by atoms with van der Waals surface area (Å²) in [5.74, 6) is 0.414. The van der Waals surface area contributed by atoms with Crippen molar-refractivity contribution in [2.24, 2.45) is 5.41 Å². The molecular weight excluding hydrogens is 420 g/mol. The van der Waals surface area contributed by atoms with E-state index < -0.39 is 17.4 Å². The van der Waals surface area contributed by atoms with Gasteiger partial charge in [0.05, 0.1) is 13.2 Å². The molecule has 0 atom stereocenters. The largest absolute Gasteiger partial charge is 0.482 e. The third kappa shape index (κ3) is 4.61.